The normalized spacial score (nSPS) is 27.5. The molecule has 9 amide bonds. The lowest BCUT2D eigenvalue weighted by Gasteiger charge is -2.47. The summed E-state index contributed by atoms with van der Waals surface area (Å²) >= 11 is 2.74. The van der Waals surface area contributed by atoms with Crippen LogP contribution in [0.2, 0.25) is 0 Å². The van der Waals surface area contributed by atoms with Gasteiger partial charge >= 0.3 is 18.2 Å². The molecule has 0 spiro atoms. The minimum absolute atomic E-state index is 0.0197. The minimum Gasteiger partial charge on any atom is -0.492 e. The van der Waals surface area contributed by atoms with Crippen LogP contribution >= 0.6 is 55.9 Å². The molecule has 2 aromatic carbocycles. The number of anilines is 1. The van der Waals surface area contributed by atoms with Crippen molar-refractivity contribution in [2.24, 2.45) is 23.2 Å². The maximum absolute atomic E-state index is 14.7. The first-order valence-electron chi connectivity index (χ1n) is 42.6. The standard InChI is InChI=1S/C86H123IN12O29S3/c1-16-99(84(113)121-40-48-27-29-49(30-28-48)93-76(107)52(25-23-34-91-82(89)111)94-78(109)64(42(2)3)95-77(108)51(92-47(8)100)24-20-22-33-88)53-41-120-59(37-57(53)115-11)126-73-68(105)65(44(5)123-81(73)125-56-26-19-17-18-21-32-86(114)38-55(102)66(96-83(112)119-15)62(56)50(86)31-35-129-131-85(9,10)39-58(103)97-90)98-128-60-36-54(101)75(46(7)122-60)130-79(110)61-43(4)63(87)71(74(118-14)70(61)116-12)127-80-69(106)72(117-13)67(104)45(6)124-80/h17-18,27-31,42,44-46,51-54,56-57,59-60,64-65,67-69,72-73,75,80-81,98,101,104-106,114H,16,20,22-25,33-41,88,90H2,1-15H3,(H,92,100)(H,93,107)(H,94,109)(H,95,108)(H,96,112)(H,97,103)(H3,89,91,111)/b18-17?,50-31+/t44-,45+,46-,51+,52+,53+,54+,56+,57+,59+,60+,64+,65-,67+,68+,69-,72-,73-,75-,80+,81+,86+/m1/s1. The van der Waals surface area contributed by atoms with E-state index in [0.717, 1.165) is 18.9 Å². The van der Waals surface area contributed by atoms with E-state index in [1.165, 1.54) is 74.0 Å². The number of thioether (sulfide) groups is 1. The number of rotatable bonds is 42. The van der Waals surface area contributed by atoms with Gasteiger partial charge in [0.2, 0.25) is 46.7 Å². The Bertz CT molecular complexity index is 4540. The van der Waals surface area contributed by atoms with Crippen molar-refractivity contribution in [3.63, 3.8) is 0 Å². The van der Waals surface area contributed by atoms with Crippen molar-refractivity contribution in [3.8, 4) is 40.9 Å². The van der Waals surface area contributed by atoms with E-state index in [2.05, 4.69) is 66.5 Å². The second kappa shape index (κ2) is 50.9. The molecule has 6 aliphatic rings. The number of benzene rings is 2. The van der Waals surface area contributed by atoms with Crippen LogP contribution in [0.15, 0.2) is 59.3 Å². The number of hydroxylamine groups is 1. The molecule has 4 aliphatic heterocycles. The number of primary amides is 1. The Kier molecular flexibility index (Phi) is 42.0. The minimum atomic E-state index is -2.27. The van der Waals surface area contributed by atoms with Crippen molar-refractivity contribution in [1.29, 1.82) is 0 Å². The number of carbonyl (C=O) groups is 10. The Morgan fingerprint density at radius 1 is 0.794 bits per heavy atom. The quantitative estimate of drug-likeness (QED) is 0.00864. The van der Waals surface area contributed by atoms with E-state index in [9.17, 15) is 73.5 Å². The SMILES string of the molecule is CCN(C(=O)OCc1ccc(NC(=O)[C@H](CCCNC(N)=O)NC(=O)[C@@H](NC(=O)[C@H](CCCCN)NC(C)=O)C(C)C)cc1)[C@H]1CO[C@@H](O[C@H]2[C@H](O[C@H]3C#CC=CC#C[C@]4(O)CC(=O)C(NC(=O)OC)=C3/C4=C\CSSC(C)(C)CC(=O)NN)O[C@H](C)[C@@H](NO[C@H]3C[C@H](O)[C@H](SC(=O)c4c(C)c(I)c(O[C@@H]5O[C@@H](C)[C@H](O)[C@@H](OC)[C@H]5O)c(OC)c4OC)[C@@H](C)O3)[C@@H]2O)C[C@@H]1OC. The molecular weight excluding hydrogens is 1890 g/mol. The summed E-state index contributed by atoms with van der Waals surface area (Å²) in [6.07, 6.45) is -16.6. The summed E-state index contributed by atoms with van der Waals surface area (Å²) in [7, 11) is 9.08. The highest BCUT2D eigenvalue weighted by molar-refractivity contribution is 14.1. The summed E-state index contributed by atoms with van der Waals surface area (Å²) in [5.74, 6) is 12.8. The zero-order valence-electron chi connectivity index (χ0n) is 75.7. The van der Waals surface area contributed by atoms with Crippen molar-refractivity contribution < 1.29 is 140 Å². The maximum atomic E-state index is 14.7. The van der Waals surface area contributed by atoms with Crippen LogP contribution in [0.1, 0.15) is 142 Å². The van der Waals surface area contributed by atoms with Crippen LogP contribution in [-0.4, -0.2) is 295 Å². The predicted octanol–water partition coefficient (Wildman–Crippen LogP) is 2.77. The van der Waals surface area contributed by atoms with Crippen molar-refractivity contribution >= 4 is 120 Å². The number of nitrogens with two attached hydrogens (primary N) is 3. The number of ketones is 1. The second-order valence-corrected chi connectivity index (χ2v) is 37.9. The molecule has 41 nitrogen and oxygen atoms in total. The predicted molar refractivity (Wildman–Crippen MR) is 487 cm³/mol. The van der Waals surface area contributed by atoms with Gasteiger partial charge in [-0.3, -0.25) is 49.1 Å². The van der Waals surface area contributed by atoms with Crippen molar-refractivity contribution in [2.75, 3.05) is 72.9 Å². The lowest BCUT2D eigenvalue weighted by atomic mass is 9.75. The first kappa shape index (κ1) is 108. The Hall–Kier alpha value is -8.22. The van der Waals surface area contributed by atoms with E-state index in [0.29, 0.717) is 34.1 Å². The zero-order chi connectivity index (χ0) is 96.5. The monoisotopic (exact) mass is 2010 g/mol. The fourth-order valence-corrected chi connectivity index (χ4v) is 19.5. The highest BCUT2D eigenvalue weighted by Crippen LogP contribution is 2.50. The second-order valence-electron chi connectivity index (χ2n) is 32.6. The van der Waals surface area contributed by atoms with Crippen molar-refractivity contribution in [2.45, 2.75) is 272 Å². The summed E-state index contributed by atoms with van der Waals surface area (Å²) in [4.78, 5) is 142. The number of halogens is 1. The van der Waals surface area contributed by atoms with Gasteiger partial charge in [0.25, 0.3) is 0 Å². The fourth-order valence-electron chi connectivity index (χ4n) is 15.4. The molecule has 8 rings (SSSR count). The van der Waals surface area contributed by atoms with Crippen LogP contribution in [0.5, 0.6) is 17.2 Å². The number of nitrogens with one attached hydrogen (secondary N) is 8. The highest BCUT2D eigenvalue weighted by Gasteiger charge is 2.53. The topological polar surface area (TPSA) is 579 Å². The molecule has 0 unspecified atom stereocenters. The van der Waals surface area contributed by atoms with Crippen LogP contribution in [-0.2, 0) is 87.6 Å². The highest BCUT2D eigenvalue weighted by atomic mass is 127. The molecule has 131 heavy (non-hydrogen) atoms. The van der Waals surface area contributed by atoms with Crippen LogP contribution in [0, 0.1) is 40.1 Å². The Morgan fingerprint density at radius 2 is 1.48 bits per heavy atom. The number of nitrogens with zero attached hydrogens (tertiary/aromatic N) is 1. The number of unbranched alkanes of at least 4 members (excludes halogenated alkanes) is 1. The largest absolute Gasteiger partial charge is 0.492 e. The van der Waals surface area contributed by atoms with Gasteiger partial charge in [-0.2, -0.15) is 5.48 Å². The molecule has 22 atom stereocenters. The number of hydrogen-bond acceptors (Lipinski definition) is 35. The van der Waals surface area contributed by atoms with Gasteiger partial charge in [-0.1, -0.05) is 89.1 Å². The molecule has 4 fully saturated rings. The molecule has 2 bridgehead atoms. The first-order chi connectivity index (χ1) is 62.2. The van der Waals surface area contributed by atoms with Gasteiger partial charge < -0.3 is 130 Å². The van der Waals surface area contributed by atoms with Crippen molar-refractivity contribution in [3.05, 3.63) is 79.6 Å². The zero-order valence-corrected chi connectivity index (χ0v) is 80.3. The van der Waals surface area contributed by atoms with E-state index in [4.69, 9.17) is 83.7 Å². The average Bonchev–Trinajstić information content (AvgIpc) is 1.26. The van der Waals surface area contributed by atoms with E-state index >= 15 is 0 Å². The number of amides is 9. The average molecular weight is 2010 g/mol. The number of ether oxygens (including phenoxy) is 13. The first-order valence-corrected chi connectivity index (χ1v) is 46.9. The number of hydrazine groups is 1. The summed E-state index contributed by atoms with van der Waals surface area (Å²) in [5.41, 5.74) is 14.3. The number of hydrogen-bond donors (Lipinski definition) is 16. The molecule has 0 saturated carbocycles. The van der Waals surface area contributed by atoms with Gasteiger partial charge in [-0.25, -0.2) is 20.2 Å². The van der Waals surface area contributed by atoms with Gasteiger partial charge in [0.15, 0.2) is 41.8 Å². The molecule has 4 heterocycles. The van der Waals surface area contributed by atoms with Crippen LogP contribution in [0.4, 0.5) is 20.1 Å². The van der Waals surface area contributed by atoms with Gasteiger partial charge in [-0.15, -0.1) is 0 Å². The molecule has 726 valence electrons. The summed E-state index contributed by atoms with van der Waals surface area (Å²) < 4.78 is 79.0. The Balaban J connectivity index is 1.02. The number of aliphatic hydroxyl groups excluding tert-OH is 4. The molecule has 45 heteroatoms. The third-order valence-corrected chi connectivity index (χ3v) is 28.1. The van der Waals surface area contributed by atoms with Crippen LogP contribution in [0.3, 0.4) is 0 Å². The van der Waals surface area contributed by atoms with E-state index in [-0.39, 0.29) is 110 Å². The van der Waals surface area contributed by atoms with Crippen LogP contribution in [0.25, 0.3) is 0 Å². The number of Topliss-reactive ketones (excluding diaryl/α,β-unsaturated/α-hetero) is 1. The summed E-state index contributed by atoms with van der Waals surface area (Å²) in [5, 5.41) is 73.9. The van der Waals surface area contributed by atoms with E-state index in [1.807, 2.05) is 36.4 Å². The molecule has 19 N–H and O–H groups in total. The third-order valence-electron chi connectivity index (χ3n) is 22.2. The Labute approximate surface area is 786 Å². The fraction of sp³-hybridized carbons (Fsp3) is 0.628. The Morgan fingerprint density at radius 3 is 2.11 bits per heavy atom. The lowest BCUT2D eigenvalue weighted by molar-refractivity contribution is -0.337. The number of fused-ring (bicyclic) bond motifs is 2. The van der Waals surface area contributed by atoms with Crippen LogP contribution < -0.4 is 74.3 Å². The lowest BCUT2D eigenvalue weighted by Crippen LogP contribution is -2.65. The molecule has 4 saturated heterocycles. The number of allylic oxidation sites excluding steroid dienone is 3. The maximum Gasteiger partial charge on any atom is 0.411 e. The summed E-state index contributed by atoms with van der Waals surface area (Å²) in [6.45, 7) is 16.4. The van der Waals surface area contributed by atoms with Crippen molar-refractivity contribution in [1.82, 2.24) is 42.4 Å². The molecular formula is C86H123IN12O29S3. The number of aliphatic hydroxyl groups is 5. The number of methoxy groups -OCH3 is 5. The number of urea groups is 1. The summed E-state index contributed by atoms with van der Waals surface area (Å²) in [6, 6.07) is 0.0803. The van der Waals surface area contributed by atoms with Gasteiger partial charge in [-0.05, 0) is 151 Å². The molecule has 0 radical (unpaired) electrons. The number of alkyl carbamates (subject to hydrolysis) is 1. The van der Waals surface area contributed by atoms with E-state index in [1.54, 1.807) is 78.8 Å². The third kappa shape index (κ3) is 29.2. The van der Waals surface area contributed by atoms with Gasteiger partial charge in [0.05, 0.1) is 97.0 Å². The number of likely N-dealkylation sites (N-methyl/N-ethyl adjacent to an activating group) is 1. The number of carbonyl (C=O) groups excluding carboxylic acids is 10. The van der Waals surface area contributed by atoms with E-state index < -0.39 is 215 Å². The molecule has 0 aromatic heterocycles. The van der Waals surface area contributed by atoms with Gasteiger partial charge in [0.1, 0.15) is 61.4 Å². The molecule has 2 aliphatic carbocycles. The van der Waals surface area contributed by atoms with Gasteiger partial charge in [0, 0.05) is 80.8 Å². The smallest absolute Gasteiger partial charge is 0.411 e. The molecule has 2 aromatic rings.